The number of nitrogens with one attached hydrogen (secondary N) is 1. The summed E-state index contributed by atoms with van der Waals surface area (Å²) >= 11 is 0. The number of carbonyl (C=O) groups is 1. The second-order valence-electron chi connectivity index (χ2n) is 11.8. The van der Waals surface area contributed by atoms with Crippen molar-refractivity contribution in [3.8, 4) is 23.3 Å². The number of hydrogen-bond donors (Lipinski definition) is 1. The van der Waals surface area contributed by atoms with Gasteiger partial charge in [0.1, 0.15) is 35.6 Å². The van der Waals surface area contributed by atoms with Gasteiger partial charge in [0.05, 0.1) is 24.3 Å². The zero-order valence-electron chi connectivity index (χ0n) is 26.3. The molecule has 0 atom stereocenters. The fraction of sp³-hybridized carbons (Fsp3) is 0.371. The van der Waals surface area contributed by atoms with Crippen LogP contribution in [0.5, 0.6) is 17.2 Å². The molecule has 244 valence electrons. The molecule has 3 aromatic carbocycles. The van der Waals surface area contributed by atoms with Gasteiger partial charge in [-0.25, -0.2) is 4.79 Å². The number of halogens is 3. The van der Waals surface area contributed by atoms with Crippen molar-refractivity contribution in [1.29, 1.82) is 5.26 Å². The Morgan fingerprint density at radius 2 is 1.72 bits per heavy atom. The van der Waals surface area contributed by atoms with Crippen molar-refractivity contribution in [2.45, 2.75) is 58.1 Å². The summed E-state index contributed by atoms with van der Waals surface area (Å²) < 4.78 is 64.4. The minimum atomic E-state index is -4.63. The van der Waals surface area contributed by atoms with E-state index < -0.39 is 29.5 Å². The zero-order valence-corrected chi connectivity index (χ0v) is 26.3. The molecular formula is C35H38F3N3O5. The second-order valence-corrected chi connectivity index (χ2v) is 11.8. The van der Waals surface area contributed by atoms with Crippen LogP contribution in [0.4, 0.5) is 23.7 Å². The summed E-state index contributed by atoms with van der Waals surface area (Å²) in [5, 5.41) is 12.4. The number of carbonyl (C=O) groups excluding carboxylic acids is 1. The van der Waals surface area contributed by atoms with Gasteiger partial charge in [0, 0.05) is 43.7 Å². The predicted octanol–water partition coefficient (Wildman–Crippen LogP) is 8.07. The largest absolute Gasteiger partial charge is 0.497 e. The Hall–Kier alpha value is -4.85. The number of piperidine rings is 1. The Labute approximate surface area is 267 Å². The van der Waals surface area contributed by atoms with Crippen molar-refractivity contribution < 1.29 is 36.9 Å². The van der Waals surface area contributed by atoms with E-state index >= 15 is 0 Å². The van der Waals surface area contributed by atoms with Gasteiger partial charge in [-0.05, 0) is 74.9 Å². The number of amides is 1. The molecule has 0 bridgehead atoms. The molecular weight excluding hydrogens is 599 g/mol. The third kappa shape index (κ3) is 9.83. The maximum atomic E-state index is 14.0. The van der Waals surface area contributed by atoms with Crippen molar-refractivity contribution in [1.82, 2.24) is 4.90 Å². The van der Waals surface area contributed by atoms with Crippen LogP contribution in [0.25, 0.3) is 6.08 Å². The number of rotatable bonds is 10. The molecule has 4 rings (SSSR count). The van der Waals surface area contributed by atoms with E-state index in [1.165, 1.54) is 12.1 Å². The van der Waals surface area contributed by atoms with E-state index in [9.17, 15) is 23.2 Å². The average Bonchev–Trinajstić information content (AvgIpc) is 3.02. The van der Waals surface area contributed by atoms with Crippen molar-refractivity contribution >= 4 is 17.9 Å². The minimum Gasteiger partial charge on any atom is -0.497 e. The van der Waals surface area contributed by atoms with E-state index in [1.54, 1.807) is 63.1 Å². The molecule has 0 aromatic heterocycles. The maximum absolute atomic E-state index is 14.0. The van der Waals surface area contributed by atoms with Crippen molar-refractivity contribution in [2.24, 2.45) is 0 Å². The van der Waals surface area contributed by atoms with Crippen LogP contribution < -0.4 is 19.5 Å². The number of alkyl halides is 3. The van der Waals surface area contributed by atoms with Crippen molar-refractivity contribution in [3.05, 3.63) is 89.0 Å². The summed E-state index contributed by atoms with van der Waals surface area (Å²) in [7, 11) is 1.59. The monoisotopic (exact) mass is 637 g/mol. The van der Waals surface area contributed by atoms with Gasteiger partial charge in [-0.2, -0.15) is 18.4 Å². The molecule has 11 heteroatoms. The summed E-state index contributed by atoms with van der Waals surface area (Å²) in [4.78, 5) is 13.9. The van der Waals surface area contributed by atoms with E-state index in [0.29, 0.717) is 49.4 Å². The van der Waals surface area contributed by atoms with E-state index in [4.69, 9.17) is 18.9 Å². The molecule has 1 amide bonds. The first kappa shape index (κ1) is 34.0. The highest BCUT2D eigenvalue weighted by Gasteiger charge is 2.36. The van der Waals surface area contributed by atoms with Crippen LogP contribution in [0.1, 0.15) is 55.9 Å². The van der Waals surface area contributed by atoms with Crippen LogP contribution in [-0.2, 0) is 17.5 Å². The molecule has 1 heterocycles. The predicted molar refractivity (Wildman–Crippen MR) is 169 cm³/mol. The van der Waals surface area contributed by atoms with E-state index in [0.717, 1.165) is 17.4 Å². The van der Waals surface area contributed by atoms with Crippen LogP contribution in [0.15, 0.2) is 66.7 Å². The van der Waals surface area contributed by atoms with Gasteiger partial charge in [0.15, 0.2) is 0 Å². The fourth-order valence-electron chi connectivity index (χ4n) is 4.75. The van der Waals surface area contributed by atoms with Gasteiger partial charge >= 0.3 is 12.3 Å². The second kappa shape index (κ2) is 15.0. The molecule has 1 aliphatic rings. The molecule has 46 heavy (non-hydrogen) atoms. The Kier molecular flexibility index (Phi) is 11.1. The minimum absolute atomic E-state index is 0.218. The lowest BCUT2D eigenvalue weighted by Gasteiger charge is -2.33. The van der Waals surface area contributed by atoms with Gasteiger partial charge in [-0.1, -0.05) is 24.3 Å². The number of methoxy groups -OCH3 is 1. The maximum Gasteiger partial charge on any atom is 0.420 e. The Morgan fingerprint density at radius 3 is 2.35 bits per heavy atom. The standard InChI is InChI=1S/C35H38F3N3O5/c1-34(2,3)46-33(42)41-18-15-29(16-19-41)45-32-14-10-27(21-30(32)35(36,37)38)40-17-5-6-26-20-25(22-39)9-13-31(26)44-23-24-7-11-28(43-4)12-8-24/h5-14,20-21,29,40H,15-19,23H2,1-4H3. The van der Waals surface area contributed by atoms with Crippen LogP contribution >= 0.6 is 0 Å². The molecule has 1 N–H and O–H groups in total. The molecule has 1 saturated heterocycles. The van der Waals surface area contributed by atoms with Crippen LogP contribution in [0.3, 0.4) is 0 Å². The summed E-state index contributed by atoms with van der Waals surface area (Å²) in [5.74, 6) is 1.04. The number of nitrogens with zero attached hydrogens (tertiary/aromatic N) is 2. The third-order valence-electron chi connectivity index (χ3n) is 7.09. The Morgan fingerprint density at radius 1 is 1.02 bits per heavy atom. The molecule has 8 nitrogen and oxygen atoms in total. The quantitative estimate of drug-likeness (QED) is 0.240. The molecule has 1 fully saturated rings. The number of benzene rings is 3. The van der Waals surface area contributed by atoms with Gasteiger partial charge in [0.2, 0.25) is 0 Å². The molecule has 1 aliphatic heterocycles. The third-order valence-corrected chi connectivity index (χ3v) is 7.09. The molecule has 0 saturated carbocycles. The first-order chi connectivity index (χ1) is 21.8. The molecule has 0 spiro atoms. The number of nitriles is 1. The summed E-state index contributed by atoms with van der Waals surface area (Å²) in [5.41, 5.74) is 0.798. The van der Waals surface area contributed by atoms with Gasteiger partial charge < -0.3 is 29.2 Å². The first-order valence-electron chi connectivity index (χ1n) is 14.9. The Bertz CT molecular complexity index is 1550. The lowest BCUT2D eigenvalue weighted by atomic mass is 10.1. The highest BCUT2D eigenvalue weighted by molar-refractivity contribution is 5.68. The van der Waals surface area contributed by atoms with Gasteiger partial charge in [0.25, 0.3) is 0 Å². The zero-order chi connectivity index (χ0) is 33.3. The lowest BCUT2D eigenvalue weighted by molar-refractivity contribution is -0.139. The van der Waals surface area contributed by atoms with Gasteiger partial charge in [-0.15, -0.1) is 0 Å². The SMILES string of the molecule is COc1ccc(COc2ccc(C#N)cc2C=CCNc2ccc(OC3CCN(C(=O)OC(C)(C)C)CC3)c(C(F)(F)F)c2)cc1. The molecule has 0 aliphatic carbocycles. The summed E-state index contributed by atoms with van der Waals surface area (Å²) in [6, 6.07) is 18.5. The number of ether oxygens (including phenoxy) is 4. The average molecular weight is 638 g/mol. The van der Waals surface area contributed by atoms with Crippen LogP contribution in [0, 0.1) is 11.3 Å². The summed E-state index contributed by atoms with van der Waals surface area (Å²) in [6.07, 6.45) is -1.27. The van der Waals surface area contributed by atoms with E-state index in [1.807, 2.05) is 24.3 Å². The number of anilines is 1. The molecule has 0 unspecified atom stereocenters. The number of likely N-dealkylation sites (tertiary alicyclic amines) is 1. The van der Waals surface area contributed by atoms with Crippen LogP contribution in [0.2, 0.25) is 0 Å². The first-order valence-corrected chi connectivity index (χ1v) is 14.9. The topological polar surface area (TPSA) is 93.0 Å². The van der Waals surface area contributed by atoms with Crippen molar-refractivity contribution in [3.63, 3.8) is 0 Å². The van der Waals surface area contributed by atoms with Gasteiger partial charge in [-0.3, -0.25) is 0 Å². The molecule has 3 aromatic rings. The van der Waals surface area contributed by atoms with Crippen molar-refractivity contribution in [2.75, 3.05) is 32.1 Å². The number of hydrogen-bond acceptors (Lipinski definition) is 7. The van der Waals surface area contributed by atoms with E-state index in [-0.39, 0.29) is 18.0 Å². The lowest BCUT2D eigenvalue weighted by Crippen LogP contribution is -2.44. The summed E-state index contributed by atoms with van der Waals surface area (Å²) in [6.45, 7) is 6.51. The molecule has 0 radical (unpaired) electrons. The highest BCUT2D eigenvalue weighted by atomic mass is 19.4. The fourth-order valence-corrected chi connectivity index (χ4v) is 4.75. The van der Waals surface area contributed by atoms with E-state index in [2.05, 4.69) is 11.4 Å². The normalized spacial score (nSPS) is 14.1. The smallest absolute Gasteiger partial charge is 0.420 e. The highest BCUT2D eigenvalue weighted by Crippen LogP contribution is 2.39. The Balaban J connectivity index is 1.37. The van der Waals surface area contributed by atoms with Crippen LogP contribution in [-0.4, -0.2) is 49.4 Å².